The second kappa shape index (κ2) is 7.74. The SMILES string of the molecule is CCCCCOc1ccc2c3c1O[C@H]1[C@@]4(OC)C=C[C@@]5(C[C@@H]4[C@](C)(O)C(C)(C)C)[C@@H](C2)N(C)CC[C@]315. The Balaban J connectivity index is 1.55. The first-order valence-corrected chi connectivity index (χ1v) is 14.1. The number of methoxy groups -OCH3 is 1. The summed E-state index contributed by atoms with van der Waals surface area (Å²) in [7, 11) is 4.10. The molecule has 36 heavy (non-hydrogen) atoms. The van der Waals surface area contributed by atoms with Gasteiger partial charge in [-0.2, -0.15) is 0 Å². The van der Waals surface area contributed by atoms with Crippen molar-refractivity contribution in [3.8, 4) is 11.5 Å². The molecule has 4 aliphatic carbocycles. The first-order chi connectivity index (χ1) is 17.0. The minimum absolute atomic E-state index is 0.0862. The maximum Gasteiger partial charge on any atom is 0.166 e. The van der Waals surface area contributed by atoms with E-state index in [1.165, 1.54) is 24.0 Å². The van der Waals surface area contributed by atoms with Crippen LogP contribution in [-0.2, 0) is 16.6 Å². The van der Waals surface area contributed by atoms with Crippen LogP contribution in [0, 0.1) is 16.7 Å². The Hall–Kier alpha value is -1.56. The molecule has 6 aliphatic rings. The van der Waals surface area contributed by atoms with Crippen molar-refractivity contribution in [1.29, 1.82) is 0 Å². The van der Waals surface area contributed by atoms with Crippen molar-refractivity contribution in [2.45, 2.75) is 102 Å². The summed E-state index contributed by atoms with van der Waals surface area (Å²) < 4.78 is 20.1. The summed E-state index contributed by atoms with van der Waals surface area (Å²) >= 11 is 0. The summed E-state index contributed by atoms with van der Waals surface area (Å²) in [4.78, 5) is 2.57. The first-order valence-electron chi connectivity index (χ1n) is 14.1. The van der Waals surface area contributed by atoms with Crippen molar-refractivity contribution in [3.63, 3.8) is 0 Å². The minimum Gasteiger partial charge on any atom is -0.490 e. The Labute approximate surface area is 217 Å². The summed E-state index contributed by atoms with van der Waals surface area (Å²) in [6.07, 6.45) is 10.9. The topological polar surface area (TPSA) is 51.2 Å². The van der Waals surface area contributed by atoms with E-state index in [0.717, 1.165) is 43.7 Å². The number of piperidine rings is 1. The summed E-state index contributed by atoms with van der Waals surface area (Å²) in [6.45, 7) is 12.4. The van der Waals surface area contributed by atoms with E-state index in [0.29, 0.717) is 12.6 Å². The predicted molar refractivity (Wildman–Crippen MR) is 142 cm³/mol. The van der Waals surface area contributed by atoms with Crippen LogP contribution in [-0.4, -0.2) is 60.7 Å². The molecule has 2 aliphatic heterocycles. The summed E-state index contributed by atoms with van der Waals surface area (Å²) in [5.41, 5.74) is 0.568. The molecule has 5 heteroatoms. The first kappa shape index (κ1) is 24.8. The largest absolute Gasteiger partial charge is 0.490 e. The molecule has 0 amide bonds. The Kier molecular flexibility index (Phi) is 5.32. The maximum absolute atomic E-state index is 12.2. The minimum atomic E-state index is -0.937. The number of likely N-dealkylation sites (N-methyl/N-ethyl adjacent to an activating group) is 1. The number of hydrogen-bond donors (Lipinski definition) is 1. The maximum atomic E-state index is 12.2. The third-order valence-electron chi connectivity index (χ3n) is 11.3. The third-order valence-corrected chi connectivity index (χ3v) is 11.3. The zero-order valence-corrected chi connectivity index (χ0v) is 23.3. The molecule has 0 radical (unpaired) electrons. The molecule has 1 saturated carbocycles. The highest BCUT2D eigenvalue weighted by molar-refractivity contribution is 5.65. The third kappa shape index (κ3) is 2.73. The standard InChI is InChI=1S/C31H45NO4/c1-8-9-10-17-35-21-12-11-20-18-23-29-13-14-31(34-7,22(19-29)28(5,33)27(2,3)4)26-30(29,15-16-32(23)6)24(20)25(21)36-26/h11-14,22-23,26,33H,8-10,15-19H2,1-7H3/t22-,23-,26-,28+,29-,30+,31-/m1/s1. The molecule has 7 rings (SSSR count). The number of rotatable bonds is 7. The van der Waals surface area contributed by atoms with Crippen molar-refractivity contribution in [1.82, 2.24) is 4.90 Å². The molecule has 1 saturated heterocycles. The molecule has 5 nitrogen and oxygen atoms in total. The van der Waals surface area contributed by atoms with Crippen molar-refractivity contribution < 1.29 is 19.3 Å². The quantitative estimate of drug-likeness (QED) is 0.412. The van der Waals surface area contributed by atoms with Gasteiger partial charge in [-0.3, -0.25) is 0 Å². The molecule has 4 bridgehead atoms. The number of fused-ring (bicyclic) bond motifs is 1. The lowest BCUT2D eigenvalue weighted by molar-refractivity contribution is -0.261. The normalized spacial score (nSPS) is 39.5. The fraction of sp³-hybridized carbons (Fsp3) is 0.742. The Morgan fingerprint density at radius 2 is 1.94 bits per heavy atom. The summed E-state index contributed by atoms with van der Waals surface area (Å²) in [6, 6.07) is 4.81. The molecule has 0 aromatic heterocycles. The molecule has 1 aromatic carbocycles. The summed E-state index contributed by atoms with van der Waals surface area (Å²) in [5, 5.41) is 12.2. The lowest BCUT2D eigenvalue weighted by atomic mass is 9.35. The van der Waals surface area contributed by atoms with Gasteiger partial charge in [-0.25, -0.2) is 0 Å². The van der Waals surface area contributed by atoms with E-state index < -0.39 is 11.2 Å². The average molecular weight is 496 g/mol. The zero-order chi connectivity index (χ0) is 25.7. The van der Waals surface area contributed by atoms with Gasteiger partial charge in [0.1, 0.15) is 11.7 Å². The lowest BCUT2D eigenvalue weighted by Crippen LogP contribution is -2.81. The number of unbranched alkanes of at least 4 members (excludes halogenated alkanes) is 2. The van der Waals surface area contributed by atoms with Gasteiger partial charge in [0.05, 0.1) is 17.6 Å². The van der Waals surface area contributed by atoms with Gasteiger partial charge in [0, 0.05) is 30.0 Å². The van der Waals surface area contributed by atoms with Gasteiger partial charge in [-0.05, 0) is 63.2 Å². The molecule has 0 unspecified atom stereocenters. The predicted octanol–water partition coefficient (Wildman–Crippen LogP) is 5.27. The van der Waals surface area contributed by atoms with E-state index in [1.807, 2.05) is 14.0 Å². The van der Waals surface area contributed by atoms with Crippen LogP contribution in [0.3, 0.4) is 0 Å². The monoisotopic (exact) mass is 495 g/mol. The van der Waals surface area contributed by atoms with Gasteiger partial charge < -0.3 is 24.2 Å². The molecule has 2 fully saturated rings. The molecular formula is C31H45NO4. The number of hydrogen-bond acceptors (Lipinski definition) is 5. The Morgan fingerprint density at radius 3 is 2.64 bits per heavy atom. The molecular weight excluding hydrogens is 450 g/mol. The smallest absolute Gasteiger partial charge is 0.166 e. The van der Waals surface area contributed by atoms with Crippen LogP contribution in [0.1, 0.15) is 77.8 Å². The van der Waals surface area contributed by atoms with Gasteiger partial charge in [0.15, 0.2) is 11.5 Å². The van der Waals surface area contributed by atoms with Crippen LogP contribution >= 0.6 is 0 Å². The van der Waals surface area contributed by atoms with Crippen molar-refractivity contribution in [3.05, 3.63) is 35.4 Å². The van der Waals surface area contributed by atoms with E-state index in [4.69, 9.17) is 14.2 Å². The fourth-order valence-electron chi connectivity index (χ4n) is 8.85. The van der Waals surface area contributed by atoms with Crippen molar-refractivity contribution in [2.24, 2.45) is 16.7 Å². The van der Waals surface area contributed by atoms with Crippen LogP contribution < -0.4 is 9.47 Å². The number of aliphatic hydroxyl groups is 1. The van der Waals surface area contributed by atoms with Crippen molar-refractivity contribution in [2.75, 3.05) is 27.3 Å². The van der Waals surface area contributed by atoms with Crippen molar-refractivity contribution >= 4 is 0 Å². The van der Waals surface area contributed by atoms with Gasteiger partial charge in [-0.1, -0.05) is 58.8 Å². The molecule has 198 valence electrons. The van der Waals surface area contributed by atoms with E-state index >= 15 is 0 Å². The second-order valence-corrected chi connectivity index (χ2v) is 13.5. The Morgan fingerprint density at radius 1 is 1.17 bits per heavy atom. The lowest BCUT2D eigenvalue weighted by Gasteiger charge is -2.72. The van der Waals surface area contributed by atoms with Crippen LogP contribution in [0.4, 0.5) is 0 Å². The van der Waals surface area contributed by atoms with E-state index in [2.05, 4.69) is 63.9 Å². The number of ether oxygens (including phenoxy) is 3. The Bertz CT molecular complexity index is 1090. The molecule has 1 N–H and O–H groups in total. The number of likely N-dealkylation sites (tertiary alicyclic amines) is 1. The van der Waals surface area contributed by atoms with E-state index in [1.54, 1.807) is 0 Å². The molecule has 1 aromatic rings. The number of benzene rings is 1. The van der Waals surface area contributed by atoms with Gasteiger partial charge in [0.2, 0.25) is 0 Å². The van der Waals surface area contributed by atoms with Crippen LogP contribution in [0.2, 0.25) is 0 Å². The molecule has 2 heterocycles. The molecule has 2 spiro atoms. The number of nitrogens with zero attached hydrogens (tertiary/aromatic N) is 1. The van der Waals surface area contributed by atoms with Gasteiger partial charge in [-0.15, -0.1) is 0 Å². The zero-order valence-electron chi connectivity index (χ0n) is 23.3. The highest BCUT2D eigenvalue weighted by atomic mass is 16.6. The second-order valence-electron chi connectivity index (χ2n) is 13.5. The van der Waals surface area contributed by atoms with Crippen LogP contribution in [0.5, 0.6) is 11.5 Å². The van der Waals surface area contributed by atoms with Gasteiger partial charge in [0.25, 0.3) is 0 Å². The highest BCUT2D eigenvalue weighted by Crippen LogP contribution is 2.76. The highest BCUT2D eigenvalue weighted by Gasteiger charge is 2.80. The van der Waals surface area contributed by atoms with Crippen LogP contribution in [0.15, 0.2) is 24.3 Å². The summed E-state index contributed by atoms with van der Waals surface area (Å²) in [5.74, 6) is 1.74. The van der Waals surface area contributed by atoms with E-state index in [9.17, 15) is 5.11 Å². The van der Waals surface area contributed by atoms with Gasteiger partial charge >= 0.3 is 0 Å². The van der Waals surface area contributed by atoms with Crippen LogP contribution in [0.25, 0.3) is 0 Å². The average Bonchev–Trinajstić information content (AvgIpc) is 3.21. The fourth-order valence-corrected chi connectivity index (χ4v) is 8.85. The van der Waals surface area contributed by atoms with E-state index in [-0.39, 0.29) is 28.3 Å². The molecule has 7 atom stereocenters.